The van der Waals surface area contributed by atoms with Crippen LogP contribution in [0.2, 0.25) is 0 Å². The monoisotopic (exact) mass is 523 g/mol. The Kier molecular flexibility index (Phi) is 8.31. The van der Waals surface area contributed by atoms with Crippen LogP contribution in [0.3, 0.4) is 0 Å². The number of benzene rings is 3. The first-order valence-corrected chi connectivity index (χ1v) is 19.6. The van der Waals surface area contributed by atoms with Crippen molar-refractivity contribution in [2.45, 2.75) is 7.25 Å². The smallest absolute Gasteiger partial charge is 1.00 e. The molecule has 0 amide bonds. The Balaban J connectivity index is 0.00000128. The maximum atomic E-state index is 2.59. The molecule has 0 aliphatic heterocycles. The van der Waals surface area contributed by atoms with Crippen LogP contribution < -0.4 is 24.8 Å². The third-order valence-corrected chi connectivity index (χ3v) is 23.6. The molecule has 0 aromatic heterocycles. The summed E-state index contributed by atoms with van der Waals surface area (Å²) in [5.41, 5.74) is 10.0. The van der Waals surface area contributed by atoms with Gasteiger partial charge in [0.1, 0.15) is 0 Å². The molecule has 0 heterocycles. The molecule has 30 heavy (non-hydrogen) atoms. The van der Waals surface area contributed by atoms with E-state index >= 15 is 0 Å². The van der Waals surface area contributed by atoms with Crippen LogP contribution in [0.1, 0.15) is 35.1 Å². The molecule has 2 aliphatic rings. The third-order valence-electron chi connectivity index (χ3n) is 5.86. The van der Waals surface area contributed by atoms with Crippen LogP contribution in [0.15, 0.2) is 96.7 Å². The number of hydrogen-bond donors (Lipinski definition) is 0. The van der Waals surface area contributed by atoms with E-state index in [1.807, 2.05) is 0 Å². The molecule has 2 unspecified atom stereocenters. The van der Waals surface area contributed by atoms with Crippen molar-refractivity contribution < 1.29 is 45.7 Å². The first-order chi connectivity index (χ1) is 13.9. The number of halogens is 2. The molecule has 0 spiro atoms. The topological polar surface area (TPSA) is 0 Å². The van der Waals surface area contributed by atoms with Gasteiger partial charge in [0, 0.05) is 0 Å². The van der Waals surface area contributed by atoms with E-state index in [0.29, 0.717) is 7.25 Å². The minimum absolute atomic E-state index is 0. The van der Waals surface area contributed by atoms with E-state index in [1.54, 1.807) is 11.1 Å². The maximum Gasteiger partial charge on any atom is -1.00 e. The molecule has 0 fully saturated rings. The van der Waals surface area contributed by atoms with Crippen molar-refractivity contribution in [3.05, 3.63) is 125 Å². The van der Waals surface area contributed by atoms with Crippen LogP contribution in [0.5, 0.6) is 0 Å². The van der Waals surface area contributed by atoms with E-state index in [0.717, 1.165) is 0 Å². The predicted octanol–water partition coefficient (Wildman–Crippen LogP) is -0.0965. The Morgan fingerprint density at radius 2 is 1.13 bits per heavy atom. The summed E-state index contributed by atoms with van der Waals surface area (Å²) in [5, 5.41) is 0. The predicted molar refractivity (Wildman–Crippen MR) is 120 cm³/mol. The summed E-state index contributed by atoms with van der Waals surface area (Å²) in [7, 11) is 0. The molecule has 2 atom stereocenters. The van der Waals surface area contributed by atoms with Crippen molar-refractivity contribution in [1.29, 1.82) is 0 Å². The van der Waals surface area contributed by atoms with Gasteiger partial charge in [-0.3, -0.25) is 0 Å². The molecule has 149 valence electrons. The van der Waals surface area contributed by atoms with Crippen molar-refractivity contribution in [3.63, 3.8) is 0 Å². The van der Waals surface area contributed by atoms with Crippen LogP contribution in [0, 0.1) is 0 Å². The number of rotatable bonds is 5. The largest absolute Gasteiger partial charge is 1.00 e. The second-order valence-electron chi connectivity index (χ2n) is 7.52. The average Bonchev–Trinajstić information content (AvgIpc) is 3.37. The van der Waals surface area contributed by atoms with E-state index in [-0.39, 0.29) is 31.5 Å². The maximum absolute atomic E-state index is 2.59. The summed E-state index contributed by atoms with van der Waals surface area (Å²) in [4.78, 5) is 0. The Hall–Kier alpha value is -1.44. The van der Waals surface area contributed by atoms with Gasteiger partial charge in [0.05, 0.1) is 0 Å². The Bertz CT molecular complexity index is 1010. The molecule has 3 aromatic rings. The fraction of sp³-hybridized carbons (Fsp3) is 0.0769. The SMILES string of the molecule is C(=Cc1ccccc1)[SiH2][Zr+2]([CH]1C=Cc2ccccc21)[CH]1C=Cc2ccccc21.[Cl-].[Cl-]. The zero-order valence-electron chi connectivity index (χ0n) is 16.6. The number of hydrogen-bond acceptors (Lipinski definition) is 0. The molecule has 3 aromatic carbocycles. The second kappa shape index (κ2) is 10.7. The zero-order valence-corrected chi connectivity index (χ0v) is 22.0. The Morgan fingerprint density at radius 1 is 0.633 bits per heavy atom. The van der Waals surface area contributed by atoms with Crippen molar-refractivity contribution >= 4 is 24.9 Å². The molecule has 5 rings (SSSR count). The normalized spacial score (nSPS) is 18.3. The van der Waals surface area contributed by atoms with Crippen LogP contribution in [-0.4, -0.2) is 6.65 Å². The van der Waals surface area contributed by atoms with Crippen LogP contribution >= 0.6 is 0 Å². The first kappa shape index (κ1) is 23.2. The van der Waals surface area contributed by atoms with Gasteiger partial charge in [-0.1, -0.05) is 0 Å². The zero-order chi connectivity index (χ0) is 18.8. The van der Waals surface area contributed by atoms with Crippen LogP contribution in [-0.2, 0) is 20.9 Å². The van der Waals surface area contributed by atoms with Gasteiger partial charge in [0.25, 0.3) is 0 Å². The molecule has 4 heteroatoms. The van der Waals surface area contributed by atoms with Gasteiger partial charge in [0.2, 0.25) is 0 Å². The Morgan fingerprint density at radius 3 is 1.70 bits per heavy atom. The summed E-state index contributed by atoms with van der Waals surface area (Å²) < 4.78 is 1.43. The van der Waals surface area contributed by atoms with Gasteiger partial charge in [-0.2, -0.15) is 0 Å². The Labute approximate surface area is 201 Å². The third kappa shape index (κ3) is 4.73. The summed E-state index contributed by atoms with van der Waals surface area (Å²) in [5.74, 6) is 0. The van der Waals surface area contributed by atoms with E-state index in [4.69, 9.17) is 0 Å². The van der Waals surface area contributed by atoms with Gasteiger partial charge >= 0.3 is 178 Å². The number of fused-ring (bicyclic) bond motifs is 2. The van der Waals surface area contributed by atoms with Gasteiger partial charge in [-0.05, 0) is 0 Å². The van der Waals surface area contributed by atoms with E-state index in [2.05, 4.69) is 115 Å². The summed E-state index contributed by atoms with van der Waals surface area (Å²) in [6.07, 6.45) is 12.2. The molecule has 0 saturated carbocycles. The van der Waals surface area contributed by atoms with Crippen molar-refractivity contribution in [2.24, 2.45) is 0 Å². The summed E-state index contributed by atoms with van der Waals surface area (Å²) in [6, 6.07) is 28.9. The molecular formula is C26H23Cl2SiZr. The van der Waals surface area contributed by atoms with Gasteiger partial charge in [-0.15, -0.1) is 0 Å². The second-order valence-corrected chi connectivity index (χ2v) is 22.1. The fourth-order valence-electron chi connectivity index (χ4n) is 4.49. The van der Waals surface area contributed by atoms with E-state index in [1.165, 1.54) is 16.7 Å². The van der Waals surface area contributed by atoms with Crippen molar-refractivity contribution in [1.82, 2.24) is 0 Å². The molecule has 0 radical (unpaired) electrons. The molecule has 0 bridgehead atoms. The summed E-state index contributed by atoms with van der Waals surface area (Å²) >= 11 is -1.79. The molecular weight excluding hydrogens is 503 g/mol. The number of allylic oxidation sites excluding steroid dienone is 2. The van der Waals surface area contributed by atoms with Gasteiger partial charge in [-0.25, -0.2) is 0 Å². The molecule has 0 saturated heterocycles. The van der Waals surface area contributed by atoms with E-state index in [9.17, 15) is 0 Å². The standard InChI is InChI=1S/2C9H7.C8H9Si.2ClH.Zr/c2*1-2-5-9-7-3-6-8(9)4-1;9-7-6-8-4-2-1-3-5-8;;;/h2*1-7H;1-7H,9H2;2*1H;/q;;;;;+2/p-2. The minimum atomic E-state index is -1.79. The summed E-state index contributed by atoms with van der Waals surface area (Å²) in [6.45, 7) is -0.243. The molecule has 0 nitrogen and oxygen atoms in total. The fourth-order valence-corrected chi connectivity index (χ4v) is 22.4. The van der Waals surface area contributed by atoms with E-state index < -0.39 is 20.9 Å². The van der Waals surface area contributed by atoms with Crippen LogP contribution in [0.4, 0.5) is 0 Å². The van der Waals surface area contributed by atoms with Gasteiger partial charge < -0.3 is 24.8 Å². The first-order valence-electron chi connectivity index (χ1n) is 10.0. The van der Waals surface area contributed by atoms with Gasteiger partial charge in [0.15, 0.2) is 0 Å². The van der Waals surface area contributed by atoms with Crippen LogP contribution in [0.25, 0.3) is 18.2 Å². The molecule has 0 N–H and O–H groups in total. The average molecular weight is 526 g/mol. The van der Waals surface area contributed by atoms with Crippen molar-refractivity contribution in [2.75, 3.05) is 0 Å². The molecule has 2 aliphatic carbocycles. The quantitative estimate of drug-likeness (QED) is 0.409. The minimum Gasteiger partial charge on any atom is -1.00 e. The van der Waals surface area contributed by atoms with Crippen molar-refractivity contribution in [3.8, 4) is 0 Å².